The smallest absolute Gasteiger partial charge is 0.351 e. The van der Waals surface area contributed by atoms with Gasteiger partial charge in [0, 0.05) is 0 Å². The molecule has 3 N–H and O–H groups in total. The van der Waals surface area contributed by atoms with Crippen LogP contribution in [0.25, 0.3) is 0 Å². The number of rotatable bonds is 6. The Morgan fingerprint density at radius 2 is 1.68 bits per heavy atom. The minimum atomic E-state index is -3.43. The highest BCUT2D eigenvalue weighted by Gasteiger charge is 2.34. The van der Waals surface area contributed by atoms with Gasteiger partial charge in [0.15, 0.2) is 0 Å². The van der Waals surface area contributed by atoms with Crippen LogP contribution in [0.5, 0.6) is 5.75 Å². The summed E-state index contributed by atoms with van der Waals surface area (Å²) in [6, 6.07) is 3.19. The van der Waals surface area contributed by atoms with E-state index in [1.165, 1.54) is 0 Å². The fourth-order valence-corrected chi connectivity index (χ4v) is 4.35. The summed E-state index contributed by atoms with van der Waals surface area (Å²) in [6.07, 6.45) is 0. The maximum atomic E-state index is 12.6. The Morgan fingerprint density at radius 1 is 1.26 bits per heavy atom. The van der Waals surface area contributed by atoms with Crippen LogP contribution in [0.4, 0.5) is 0 Å². The quantitative estimate of drug-likeness (QED) is 0.681. The van der Waals surface area contributed by atoms with E-state index in [9.17, 15) is 9.67 Å². The van der Waals surface area contributed by atoms with Crippen LogP contribution in [0.3, 0.4) is 0 Å². The summed E-state index contributed by atoms with van der Waals surface area (Å²) >= 11 is 6.41. The van der Waals surface area contributed by atoms with Gasteiger partial charge >= 0.3 is 7.60 Å². The highest BCUT2D eigenvalue weighted by atomic mass is 79.9. The molecule has 0 bridgehead atoms. The van der Waals surface area contributed by atoms with Gasteiger partial charge in [-0.25, -0.2) is 0 Å². The van der Waals surface area contributed by atoms with Crippen LogP contribution in [-0.2, 0) is 13.6 Å². The first-order valence-electron chi connectivity index (χ1n) is 5.68. The van der Waals surface area contributed by atoms with Gasteiger partial charge in [-0.2, -0.15) is 0 Å². The second-order valence-electron chi connectivity index (χ2n) is 3.65. The summed E-state index contributed by atoms with van der Waals surface area (Å²) in [5.74, 6) is -0.862. The molecule has 0 spiro atoms. The van der Waals surface area contributed by atoms with Crippen LogP contribution in [-0.4, -0.2) is 18.3 Å². The molecule has 1 rings (SSSR count). The second kappa shape index (κ2) is 7.20. The predicted molar refractivity (Wildman–Crippen MR) is 81.3 cm³/mol. The average Bonchev–Trinajstić information content (AvgIpc) is 2.35. The summed E-state index contributed by atoms with van der Waals surface area (Å²) in [5.41, 5.74) is 6.54. The lowest BCUT2D eigenvalue weighted by molar-refractivity contribution is 0.212. The molecular formula is C11H16Br2NO4P. The molecule has 0 amide bonds. The molecule has 0 aliphatic carbocycles. The van der Waals surface area contributed by atoms with Crippen molar-refractivity contribution < 1.29 is 18.7 Å². The Balaban J connectivity index is 3.16. The van der Waals surface area contributed by atoms with Crippen molar-refractivity contribution in [3.63, 3.8) is 0 Å². The Morgan fingerprint density at radius 3 is 2.05 bits per heavy atom. The van der Waals surface area contributed by atoms with E-state index in [0.717, 1.165) is 0 Å². The lowest BCUT2D eigenvalue weighted by Crippen LogP contribution is -2.15. The molecule has 8 heteroatoms. The van der Waals surface area contributed by atoms with Gasteiger partial charge in [-0.3, -0.25) is 4.57 Å². The minimum absolute atomic E-state index is 0.0543. The van der Waals surface area contributed by atoms with E-state index in [0.29, 0.717) is 14.5 Å². The van der Waals surface area contributed by atoms with Crippen molar-refractivity contribution in [2.24, 2.45) is 5.73 Å². The van der Waals surface area contributed by atoms with Crippen molar-refractivity contribution in [2.75, 3.05) is 13.2 Å². The Labute approximate surface area is 129 Å². The standard InChI is InChI=1S/C11H16Br2NO4P/c1-3-17-19(16,18-4-2)11(14)7-5-8(12)10(15)9(13)6-7/h5-6,11,15H,3-4,14H2,1-2H3/t11-/m0/s1. The van der Waals surface area contributed by atoms with Crippen LogP contribution in [0.2, 0.25) is 0 Å². The monoisotopic (exact) mass is 415 g/mol. The highest BCUT2D eigenvalue weighted by molar-refractivity contribution is 9.11. The average molecular weight is 417 g/mol. The van der Waals surface area contributed by atoms with Gasteiger partial charge in [-0.05, 0) is 63.4 Å². The van der Waals surface area contributed by atoms with Crippen LogP contribution in [0.15, 0.2) is 21.1 Å². The molecule has 0 aromatic heterocycles. The Hall–Kier alpha value is 0.0900. The van der Waals surface area contributed by atoms with Gasteiger partial charge in [0.25, 0.3) is 0 Å². The summed E-state index contributed by atoms with van der Waals surface area (Å²) in [5, 5.41) is 9.66. The Kier molecular flexibility index (Phi) is 6.50. The molecule has 0 saturated carbocycles. The molecule has 0 unspecified atom stereocenters. The van der Waals surface area contributed by atoms with Gasteiger partial charge in [0.2, 0.25) is 0 Å². The third-order valence-electron chi connectivity index (χ3n) is 2.34. The lowest BCUT2D eigenvalue weighted by atomic mass is 10.2. The van der Waals surface area contributed by atoms with Gasteiger partial charge in [-0.1, -0.05) is 0 Å². The minimum Gasteiger partial charge on any atom is -0.506 e. The SMILES string of the molecule is CCOP(=O)(OCC)[C@H](N)c1cc(Br)c(O)c(Br)c1. The van der Waals surface area contributed by atoms with Gasteiger partial charge in [-0.15, -0.1) is 0 Å². The first-order chi connectivity index (χ1) is 8.85. The van der Waals surface area contributed by atoms with Crippen molar-refractivity contribution in [1.82, 2.24) is 0 Å². The zero-order chi connectivity index (χ0) is 14.6. The molecule has 0 aliphatic rings. The lowest BCUT2D eigenvalue weighted by Gasteiger charge is -2.23. The number of benzene rings is 1. The van der Waals surface area contributed by atoms with Crippen LogP contribution < -0.4 is 5.73 Å². The summed E-state index contributed by atoms with van der Waals surface area (Å²) < 4.78 is 23.9. The number of phenols is 1. The van der Waals surface area contributed by atoms with Crippen LogP contribution in [0, 0.1) is 0 Å². The molecule has 19 heavy (non-hydrogen) atoms. The maximum absolute atomic E-state index is 12.6. The van der Waals surface area contributed by atoms with Crippen molar-refractivity contribution in [3.05, 3.63) is 26.6 Å². The van der Waals surface area contributed by atoms with Crippen molar-refractivity contribution >= 4 is 39.5 Å². The zero-order valence-electron chi connectivity index (χ0n) is 10.6. The number of phenolic OH excluding ortho intramolecular Hbond substituents is 1. The fraction of sp³-hybridized carbons (Fsp3) is 0.455. The van der Waals surface area contributed by atoms with Crippen molar-refractivity contribution in [3.8, 4) is 5.75 Å². The molecule has 0 saturated heterocycles. The first kappa shape index (κ1) is 17.1. The fourth-order valence-electron chi connectivity index (χ4n) is 1.50. The van der Waals surface area contributed by atoms with Crippen molar-refractivity contribution in [1.29, 1.82) is 0 Å². The van der Waals surface area contributed by atoms with Crippen molar-refractivity contribution in [2.45, 2.75) is 19.6 Å². The predicted octanol–water partition coefficient (Wildman–Crippen LogP) is 4.14. The molecule has 0 fully saturated rings. The summed E-state index contributed by atoms with van der Waals surface area (Å²) in [6.45, 7) is 3.93. The normalized spacial score (nSPS) is 13.5. The van der Waals surface area contributed by atoms with Gasteiger partial charge < -0.3 is 19.9 Å². The van der Waals surface area contributed by atoms with Gasteiger partial charge in [0.05, 0.1) is 22.2 Å². The van der Waals surface area contributed by atoms with E-state index < -0.39 is 13.4 Å². The molecule has 1 atom stereocenters. The summed E-state index contributed by atoms with van der Waals surface area (Å²) in [7, 11) is -3.43. The zero-order valence-corrected chi connectivity index (χ0v) is 14.7. The number of aromatic hydroxyl groups is 1. The van der Waals surface area contributed by atoms with Crippen LogP contribution >= 0.6 is 39.5 Å². The number of halogens is 2. The third-order valence-corrected chi connectivity index (χ3v) is 5.76. The molecule has 0 heterocycles. The first-order valence-corrected chi connectivity index (χ1v) is 8.87. The van der Waals surface area contributed by atoms with E-state index in [2.05, 4.69) is 31.9 Å². The molecular weight excluding hydrogens is 401 g/mol. The number of hydrogen-bond donors (Lipinski definition) is 2. The largest absolute Gasteiger partial charge is 0.506 e. The second-order valence-corrected chi connectivity index (χ2v) is 7.51. The van der Waals surface area contributed by atoms with Gasteiger partial charge in [0.1, 0.15) is 11.5 Å². The van der Waals surface area contributed by atoms with E-state index in [1.54, 1.807) is 26.0 Å². The topological polar surface area (TPSA) is 81.8 Å². The molecule has 108 valence electrons. The number of nitrogens with two attached hydrogens (primary N) is 1. The molecule has 0 radical (unpaired) electrons. The molecule has 5 nitrogen and oxygen atoms in total. The van der Waals surface area contributed by atoms with E-state index in [1.807, 2.05) is 0 Å². The van der Waals surface area contributed by atoms with E-state index in [-0.39, 0.29) is 19.0 Å². The third kappa shape index (κ3) is 4.03. The maximum Gasteiger partial charge on any atom is 0.351 e. The van der Waals surface area contributed by atoms with E-state index in [4.69, 9.17) is 14.8 Å². The molecule has 0 aliphatic heterocycles. The highest BCUT2D eigenvalue weighted by Crippen LogP contribution is 2.58. The summed E-state index contributed by atoms with van der Waals surface area (Å²) in [4.78, 5) is 0. The molecule has 1 aromatic carbocycles. The Bertz CT molecular complexity index is 465. The van der Waals surface area contributed by atoms with Crippen LogP contribution in [0.1, 0.15) is 25.2 Å². The van der Waals surface area contributed by atoms with E-state index >= 15 is 0 Å². The number of hydrogen-bond acceptors (Lipinski definition) is 5. The molecule has 1 aromatic rings.